The molecule has 2 nitrogen and oxygen atoms in total. The summed E-state index contributed by atoms with van der Waals surface area (Å²) in [6.45, 7) is 0. The number of anilines is 3. The molecule has 0 aromatic heterocycles. The molecule has 0 heterocycles. The lowest BCUT2D eigenvalue weighted by Crippen LogP contribution is -1.95. The van der Waals surface area contributed by atoms with E-state index >= 15 is 0 Å². The molecule has 2 heteroatoms. The van der Waals surface area contributed by atoms with Crippen molar-refractivity contribution in [3.8, 4) is 33.4 Å². The first-order valence-corrected chi connectivity index (χ1v) is 10.7. The minimum atomic E-state index is 0.783. The number of hydrogen-bond acceptors (Lipinski definition) is 2. The third kappa shape index (κ3) is 4.12. The van der Waals surface area contributed by atoms with E-state index in [2.05, 4.69) is 84.2 Å². The van der Waals surface area contributed by atoms with E-state index in [0.29, 0.717) is 0 Å². The maximum absolute atomic E-state index is 6.32. The molecule has 154 valence electrons. The van der Waals surface area contributed by atoms with Crippen molar-refractivity contribution in [2.75, 3.05) is 11.1 Å². The van der Waals surface area contributed by atoms with Gasteiger partial charge in [-0.2, -0.15) is 0 Å². The Bertz CT molecular complexity index is 1330. The Morgan fingerprint density at radius 2 is 0.938 bits per heavy atom. The van der Waals surface area contributed by atoms with Gasteiger partial charge >= 0.3 is 0 Å². The van der Waals surface area contributed by atoms with Crippen LogP contribution in [0, 0.1) is 0 Å². The van der Waals surface area contributed by atoms with Gasteiger partial charge in [-0.05, 0) is 58.7 Å². The summed E-state index contributed by atoms with van der Waals surface area (Å²) < 4.78 is 0. The minimum absolute atomic E-state index is 0.783. The molecule has 5 aromatic carbocycles. The summed E-state index contributed by atoms with van der Waals surface area (Å²) in [6.07, 6.45) is 0. The van der Waals surface area contributed by atoms with E-state index < -0.39 is 0 Å². The summed E-state index contributed by atoms with van der Waals surface area (Å²) in [6, 6.07) is 43.9. The quantitative estimate of drug-likeness (QED) is 0.287. The van der Waals surface area contributed by atoms with Crippen molar-refractivity contribution in [1.29, 1.82) is 0 Å². The van der Waals surface area contributed by atoms with Crippen LogP contribution in [0.4, 0.5) is 17.1 Å². The number of nitrogens with two attached hydrogens (primary N) is 1. The molecule has 3 N–H and O–H groups in total. The standard InChI is InChI=1S/C30H24N2/c31-29-18-16-24(20-27(29)22-10-4-1-5-11-22)25-17-19-30(32-26-14-8-3-9-15-26)28(21-25)23-12-6-2-7-13-23/h1-21,32H,31H2. The van der Waals surface area contributed by atoms with Gasteiger partial charge in [0.2, 0.25) is 0 Å². The lowest BCUT2D eigenvalue weighted by molar-refractivity contribution is 1.52. The van der Waals surface area contributed by atoms with Gasteiger partial charge in [-0.25, -0.2) is 0 Å². The maximum atomic E-state index is 6.32. The van der Waals surface area contributed by atoms with E-state index in [-0.39, 0.29) is 0 Å². The molecule has 0 unspecified atom stereocenters. The van der Waals surface area contributed by atoms with Crippen LogP contribution in [0.15, 0.2) is 127 Å². The first kappa shape index (κ1) is 19.7. The number of benzene rings is 5. The van der Waals surface area contributed by atoms with Crippen LogP contribution in [0.5, 0.6) is 0 Å². The van der Waals surface area contributed by atoms with Crippen molar-refractivity contribution >= 4 is 17.1 Å². The topological polar surface area (TPSA) is 38.0 Å². The number of nitrogens with one attached hydrogen (secondary N) is 1. The summed E-state index contributed by atoms with van der Waals surface area (Å²) in [5.74, 6) is 0. The molecule has 0 atom stereocenters. The monoisotopic (exact) mass is 412 g/mol. The normalized spacial score (nSPS) is 10.6. The molecule has 0 aliphatic heterocycles. The third-order valence-corrected chi connectivity index (χ3v) is 5.63. The minimum Gasteiger partial charge on any atom is -0.398 e. The van der Waals surface area contributed by atoms with E-state index in [1.807, 2.05) is 48.5 Å². The van der Waals surface area contributed by atoms with Gasteiger partial charge in [0, 0.05) is 28.2 Å². The maximum Gasteiger partial charge on any atom is 0.0464 e. The van der Waals surface area contributed by atoms with Crippen molar-refractivity contribution in [2.24, 2.45) is 0 Å². The molecule has 0 radical (unpaired) electrons. The molecule has 0 aliphatic rings. The number of nitrogen functional groups attached to an aromatic ring is 1. The molecule has 0 aliphatic carbocycles. The highest BCUT2D eigenvalue weighted by Gasteiger charge is 2.10. The van der Waals surface area contributed by atoms with Crippen LogP contribution in [0.3, 0.4) is 0 Å². The zero-order chi connectivity index (χ0) is 21.8. The summed E-state index contributed by atoms with van der Waals surface area (Å²) in [5, 5.41) is 3.58. The van der Waals surface area contributed by atoms with Crippen molar-refractivity contribution in [1.82, 2.24) is 0 Å². The molecule has 0 spiro atoms. The average molecular weight is 413 g/mol. The lowest BCUT2D eigenvalue weighted by Gasteiger charge is -2.15. The van der Waals surface area contributed by atoms with E-state index in [9.17, 15) is 0 Å². The Labute approximate surface area is 189 Å². The first-order chi connectivity index (χ1) is 15.8. The Morgan fingerprint density at radius 3 is 1.56 bits per heavy atom. The Morgan fingerprint density at radius 1 is 0.438 bits per heavy atom. The highest BCUT2D eigenvalue weighted by Crippen LogP contribution is 2.36. The second kappa shape index (κ2) is 8.83. The number of rotatable bonds is 5. The molecular formula is C30H24N2. The molecule has 0 bridgehead atoms. The molecule has 5 aromatic rings. The molecule has 0 saturated heterocycles. The van der Waals surface area contributed by atoms with Gasteiger partial charge in [-0.1, -0.05) is 91.0 Å². The molecular weight excluding hydrogens is 388 g/mol. The predicted octanol–water partition coefficient (Wildman–Crippen LogP) is 8.01. The second-order valence-corrected chi connectivity index (χ2v) is 7.79. The third-order valence-electron chi connectivity index (χ3n) is 5.63. The molecule has 0 fully saturated rings. The van der Waals surface area contributed by atoms with Crippen molar-refractivity contribution in [2.45, 2.75) is 0 Å². The van der Waals surface area contributed by atoms with Gasteiger partial charge in [0.05, 0.1) is 0 Å². The lowest BCUT2D eigenvalue weighted by atomic mass is 9.94. The highest BCUT2D eigenvalue weighted by molar-refractivity contribution is 5.87. The highest BCUT2D eigenvalue weighted by atomic mass is 14.9. The summed E-state index contributed by atoms with van der Waals surface area (Å²) in [7, 11) is 0. The van der Waals surface area contributed by atoms with Crippen LogP contribution in [-0.4, -0.2) is 0 Å². The van der Waals surface area contributed by atoms with Gasteiger partial charge < -0.3 is 11.1 Å². The van der Waals surface area contributed by atoms with E-state index in [1.165, 1.54) is 5.56 Å². The smallest absolute Gasteiger partial charge is 0.0464 e. The van der Waals surface area contributed by atoms with Crippen LogP contribution in [0.2, 0.25) is 0 Å². The van der Waals surface area contributed by atoms with E-state index in [4.69, 9.17) is 5.73 Å². The molecule has 5 rings (SSSR count). The van der Waals surface area contributed by atoms with Crippen LogP contribution >= 0.6 is 0 Å². The summed E-state index contributed by atoms with van der Waals surface area (Å²) in [4.78, 5) is 0. The fourth-order valence-electron chi connectivity index (χ4n) is 3.97. The van der Waals surface area contributed by atoms with E-state index in [1.54, 1.807) is 0 Å². The average Bonchev–Trinajstić information content (AvgIpc) is 2.86. The van der Waals surface area contributed by atoms with Gasteiger partial charge in [0.1, 0.15) is 0 Å². The summed E-state index contributed by atoms with van der Waals surface area (Å²) in [5.41, 5.74) is 16.0. The van der Waals surface area contributed by atoms with Gasteiger partial charge in [-0.15, -0.1) is 0 Å². The fraction of sp³-hybridized carbons (Fsp3) is 0. The molecule has 0 amide bonds. The van der Waals surface area contributed by atoms with Gasteiger partial charge in [-0.3, -0.25) is 0 Å². The predicted molar refractivity (Wildman–Crippen MR) is 137 cm³/mol. The summed E-state index contributed by atoms with van der Waals surface area (Å²) >= 11 is 0. The SMILES string of the molecule is Nc1ccc(-c2ccc(Nc3ccccc3)c(-c3ccccc3)c2)cc1-c1ccccc1. The van der Waals surface area contributed by atoms with Crippen LogP contribution in [0.1, 0.15) is 0 Å². The van der Waals surface area contributed by atoms with Crippen LogP contribution < -0.4 is 11.1 Å². The second-order valence-electron chi connectivity index (χ2n) is 7.79. The first-order valence-electron chi connectivity index (χ1n) is 10.7. The van der Waals surface area contributed by atoms with Gasteiger partial charge in [0.25, 0.3) is 0 Å². The van der Waals surface area contributed by atoms with E-state index in [0.717, 1.165) is 44.9 Å². The zero-order valence-electron chi connectivity index (χ0n) is 17.7. The Hall–Kier alpha value is -4.30. The number of hydrogen-bond donors (Lipinski definition) is 2. The van der Waals surface area contributed by atoms with Crippen LogP contribution in [-0.2, 0) is 0 Å². The zero-order valence-corrected chi connectivity index (χ0v) is 17.7. The Kier molecular flexibility index (Phi) is 5.42. The largest absolute Gasteiger partial charge is 0.398 e. The van der Waals surface area contributed by atoms with Crippen LogP contribution in [0.25, 0.3) is 33.4 Å². The molecule has 0 saturated carbocycles. The van der Waals surface area contributed by atoms with Crippen molar-refractivity contribution in [3.05, 3.63) is 127 Å². The Balaban J connectivity index is 1.60. The molecule has 32 heavy (non-hydrogen) atoms. The van der Waals surface area contributed by atoms with Crippen molar-refractivity contribution < 1.29 is 0 Å². The fourth-order valence-corrected chi connectivity index (χ4v) is 3.97. The van der Waals surface area contributed by atoms with Gasteiger partial charge in [0.15, 0.2) is 0 Å². The van der Waals surface area contributed by atoms with Crippen molar-refractivity contribution in [3.63, 3.8) is 0 Å². The number of para-hydroxylation sites is 1.